The average Bonchev–Trinajstić information content (AvgIpc) is 3.10. The summed E-state index contributed by atoms with van der Waals surface area (Å²) in [5, 5.41) is 7.15. The quantitative estimate of drug-likeness (QED) is 0.570. The van der Waals surface area contributed by atoms with Crippen LogP contribution in [0.25, 0.3) is 11.0 Å². The number of likely N-dealkylation sites (tertiary alicyclic amines) is 1. The number of hydrogen-bond donors (Lipinski definition) is 2. The van der Waals surface area contributed by atoms with Gasteiger partial charge in [-0.25, -0.2) is 4.98 Å². The number of fused-ring (bicyclic) bond motifs is 1. The van der Waals surface area contributed by atoms with Crippen molar-refractivity contribution in [3.63, 3.8) is 0 Å². The van der Waals surface area contributed by atoms with Crippen molar-refractivity contribution in [2.75, 3.05) is 30.3 Å². The lowest BCUT2D eigenvalue weighted by atomic mass is 10.1. The second-order valence-corrected chi connectivity index (χ2v) is 8.02. The molecule has 5 nitrogen and oxygen atoms in total. The van der Waals surface area contributed by atoms with Gasteiger partial charge in [0.15, 0.2) is 5.11 Å². The van der Waals surface area contributed by atoms with E-state index in [1.165, 1.54) is 37.9 Å². The number of nitrogens with one attached hydrogen (secondary N) is 2. The maximum Gasteiger partial charge on any atom is 0.210 e. The number of aromatic nitrogens is 2. The van der Waals surface area contributed by atoms with Crippen LogP contribution in [0.2, 0.25) is 0 Å². The van der Waals surface area contributed by atoms with Crippen molar-refractivity contribution in [1.82, 2.24) is 14.5 Å². The standard InChI is InChI=1S/C23H29N5S/c1-2-18-10-12-19(13-11-18)24-23(29)26-22-25-20-8-4-5-9-21(20)28(22)17-16-27-14-6-3-7-15-27/h4-5,8-13H,2-3,6-7,14-17H2,1H3,(H2,24,25,26,29). The lowest BCUT2D eigenvalue weighted by Crippen LogP contribution is -2.33. The van der Waals surface area contributed by atoms with Gasteiger partial charge in [0.1, 0.15) is 0 Å². The molecule has 0 spiro atoms. The zero-order valence-corrected chi connectivity index (χ0v) is 17.8. The van der Waals surface area contributed by atoms with Crippen LogP contribution < -0.4 is 10.6 Å². The number of piperidine rings is 1. The number of anilines is 2. The molecule has 1 saturated heterocycles. The second-order valence-electron chi connectivity index (χ2n) is 7.61. The molecule has 0 saturated carbocycles. The predicted octanol–water partition coefficient (Wildman–Crippen LogP) is 4.89. The summed E-state index contributed by atoms with van der Waals surface area (Å²) >= 11 is 5.57. The fourth-order valence-electron chi connectivity index (χ4n) is 3.91. The fraction of sp³-hybridized carbons (Fsp3) is 0.391. The molecule has 152 valence electrons. The van der Waals surface area contributed by atoms with Crippen molar-refractivity contribution in [1.29, 1.82) is 0 Å². The van der Waals surface area contributed by atoms with Gasteiger partial charge in [-0.1, -0.05) is 37.6 Å². The topological polar surface area (TPSA) is 45.1 Å². The van der Waals surface area contributed by atoms with E-state index in [9.17, 15) is 0 Å². The van der Waals surface area contributed by atoms with Gasteiger partial charge in [0.05, 0.1) is 11.0 Å². The van der Waals surface area contributed by atoms with Crippen LogP contribution in [0.4, 0.5) is 11.6 Å². The second kappa shape index (κ2) is 9.37. The molecule has 0 atom stereocenters. The first-order chi connectivity index (χ1) is 14.2. The molecular weight excluding hydrogens is 378 g/mol. The molecule has 1 aliphatic rings. The molecule has 3 aromatic rings. The summed E-state index contributed by atoms with van der Waals surface area (Å²) in [6, 6.07) is 16.6. The highest BCUT2D eigenvalue weighted by Crippen LogP contribution is 2.21. The van der Waals surface area contributed by atoms with Gasteiger partial charge in [-0.15, -0.1) is 0 Å². The van der Waals surface area contributed by atoms with Crippen molar-refractivity contribution in [3.05, 3.63) is 54.1 Å². The van der Waals surface area contributed by atoms with Gasteiger partial charge in [-0.2, -0.15) is 0 Å². The van der Waals surface area contributed by atoms with Crippen LogP contribution in [0.15, 0.2) is 48.5 Å². The number of nitrogens with zero attached hydrogens (tertiary/aromatic N) is 3. The molecule has 4 rings (SSSR count). The first-order valence-corrected chi connectivity index (χ1v) is 11.0. The van der Waals surface area contributed by atoms with Crippen molar-refractivity contribution in [2.24, 2.45) is 0 Å². The van der Waals surface area contributed by atoms with Crippen molar-refractivity contribution in [2.45, 2.75) is 39.2 Å². The molecule has 2 heterocycles. The summed E-state index contributed by atoms with van der Waals surface area (Å²) in [4.78, 5) is 7.34. The molecule has 0 amide bonds. The summed E-state index contributed by atoms with van der Waals surface area (Å²) in [6.07, 6.45) is 5.00. The van der Waals surface area contributed by atoms with Gasteiger partial charge < -0.3 is 20.1 Å². The summed E-state index contributed by atoms with van der Waals surface area (Å²) in [6.45, 7) is 6.49. The Bertz CT molecular complexity index is 957. The average molecular weight is 408 g/mol. The number of rotatable bonds is 6. The highest BCUT2D eigenvalue weighted by molar-refractivity contribution is 7.80. The number of thiocarbonyl (C=S) groups is 1. The van der Waals surface area contributed by atoms with E-state index in [-0.39, 0.29) is 0 Å². The summed E-state index contributed by atoms with van der Waals surface area (Å²) in [5.74, 6) is 0.797. The molecule has 0 aliphatic carbocycles. The predicted molar refractivity (Wildman–Crippen MR) is 126 cm³/mol. The molecule has 0 bridgehead atoms. The monoisotopic (exact) mass is 407 g/mol. The van der Waals surface area contributed by atoms with Gasteiger partial charge in [0.25, 0.3) is 0 Å². The van der Waals surface area contributed by atoms with Crippen molar-refractivity contribution in [3.8, 4) is 0 Å². The maximum absolute atomic E-state index is 5.57. The van der Waals surface area contributed by atoms with E-state index in [1.807, 2.05) is 6.07 Å². The van der Waals surface area contributed by atoms with E-state index in [0.717, 1.165) is 42.2 Å². The van der Waals surface area contributed by atoms with Crippen molar-refractivity contribution >= 4 is 40.0 Å². The largest absolute Gasteiger partial charge is 0.332 e. The molecule has 6 heteroatoms. The van der Waals surface area contributed by atoms with Crippen LogP contribution in [0.3, 0.4) is 0 Å². The van der Waals surface area contributed by atoms with E-state index in [4.69, 9.17) is 17.2 Å². The number of imidazole rings is 1. The molecule has 1 aliphatic heterocycles. The molecule has 1 aromatic heterocycles. The fourth-order valence-corrected chi connectivity index (χ4v) is 4.12. The minimum atomic E-state index is 0.559. The van der Waals surface area contributed by atoms with Crippen LogP contribution in [-0.2, 0) is 13.0 Å². The Hall–Kier alpha value is -2.44. The van der Waals surface area contributed by atoms with E-state index in [0.29, 0.717) is 5.11 Å². The zero-order valence-electron chi connectivity index (χ0n) is 17.0. The summed E-state index contributed by atoms with van der Waals surface area (Å²) < 4.78 is 2.25. The highest BCUT2D eigenvalue weighted by Gasteiger charge is 2.15. The first-order valence-electron chi connectivity index (χ1n) is 10.6. The molecule has 0 radical (unpaired) electrons. The van der Waals surface area contributed by atoms with E-state index >= 15 is 0 Å². The Kier molecular flexibility index (Phi) is 6.42. The summed E-state index contributed by atoms with van der Waals surface area (Å²) in [7, 11) is 0. The van der Waals surface area contributed by atoms with E-state index in [1.54, 1.807) is 0 Å². The van der Waals surface area contributed by atoms with Gasteiger partial charge in [-0.05, 0) is 74.4 Å². The SMILES string of the molecule is CCc1ccc(NC(=S)Nc2nc3ccccc3n2CCN2CCCCC2)cc1. The van der Waals surface area contributed by atoms with Crippen LogP contribution in [0.1, 0.15) is 31.7 Å². The lowest BCUT2D eigenvalue weighted by molar-refractivity contribution is 0.222. The maximum atomic E-state index is 5.57. The molecule has 29 heavy (non-hydrogen) atoms. The van der Waals surface area contributed by atoms with Gasteiger partial charge in [0.2, 0.25) is 5.95 Å². The van der Waals surface area contributed by atoms with E-state index in [2.05, 4.69) is 69.5 Å². The Morgan fingerprint density at radius 3 is 2.48 bits per heavy atom. The van der Waals surface area contributed by atoms with Crippen molar-refractivity contribution < 1.29 is 0 Å². The minimum absolute atomic E-state index is 0.559. The Labute approximate surface area is 178 Å². The first kappa shape index (κ1) is 19.9. The molecule has 2 aromatic carbocycles. The van der Waals surface area contributed by atoms with Gasteiger partial charge >= 0.3 is 0 Å². The van der Waals surface area contributed by atoms with Gasteiger partial charge in [-0.3, -0.25) is 0 Å². The number of aryl methyl sites for hydroxylation is 1. The smallest absolute Gasteiger partial charge is 0.210 e. The normalized spacial score (nSPS) is 14.8. The molecular formula is C23H29N5S. The number of hydrogen-bond acceptors (Lipinski definition) is 3. The zero-order chi connectivity index (χ0) is 20.1. The van der Waals surface area contributed by atoms with Crippen LogP contribution in [0, 0.1) is 0 Å². The van der Waals surface area contributed by atoms with Gasteiger partial charge in [0, 0.05) is 18.8 Å². The van der Waals surface area contributed by atoms with Crippen LogP contribution in [-0.4, -0.2) is 39.2 Å². The Balaban J connectivity index is 1.48. The number of para-hydroxylation sites is 2. The third-order valence-electron chi connectivity index (χ3n) is 5.59. The Morgan fingerprint density at radius 1 is 0.966 bits per heavy atom. The molecule has 0 unspecified atom stereocenters. The molecule has 1 fully saturated rings. The Morgan fingerprint density at radius 2 is 1.72 bits per heavy atom. The summed E-state index contributed by atoms with van der Waals surface area (Å²) in [5.41, 5.74) is 4.43. The third kappa shape index (κ3) is 4.95. The molecule has 2 N–H and O–H groups in total. The van der Waals surface area contributed by atoms with Crippen LogP contribution >= 0.6 is 12.2 Å². The highest BCUT2D eigenvalue weighted by atomic mass is 32.1. The third-order valence-corrected chi connectivity index (χ3v) is 5.79. The number of benzene rings is 2. The van der Waals surface area contributed by atoms with E-state index < -0.39 is 0 Å². The lowest BCUT2D eigenvalue weighted by Gasteiger charge is -2.26. The minimum Gasteiger partial charge on any atom is -0.332 e. The van der Waals surface area contributed by atoms with Crippen LogP contribution in [0.5, 0.6) is 0 Å².